The lowest BCUT2D eigenvalue weighted by atomic mass is 9.92. The Balaban J connectivity index is 2.14. The normalized spacial score (nSPS) is 17.4. The molecule has 1 aliphatic carbocycles. The van der Waals surface area contributed by atoms with Crippen molar-refractivity contribution in [3.05, 3.63) is 11.6 Å². The Morgan fingerprint density at radius 1 is 1.17 bits per heavy atom. The van der Waals surface area contributed by atoms with Crippen LogP contribution in [0.1, 0.15) is 44.1 Å². The maximum absolute atomic E-state index is 6.06. The molecule has 0 atom stereocenters. The topological polar surface area (TPSA) is 103 Å². The second-order valence-electron chi connectivity index (χ2n) is 5.17. The molecule has 1 aromatic heterocycles. The van der Waals surface area contributed by atoms with Gasteiger partial charge in [-0.3, -0.25) is 0 Å². The van der Waals surface area contributed by atoms with Gasteiger partial charge in [-0.1, -0.05) is 38.5 Å². The van der Waals surface area contributed by atoms with Crippen molar-refractivity contribution in [1.82, 2.24) is 4.98 Å². The van der Waals surface area contributed by atoms with Crippen molar-refractivity contribution in [2.75, 3.05) is 16.9 Å². The zero-order valence-electron chi connectivity index (χ0n) is 10.8. The van der Waals surface area contributed by atoms with E-state index in [2.05, 4.69) is 10.4 Å². The number of nitrogen functional groups attached to an aromatic ring is 3. The molecule has 1 fully saturated rings. The summed E-state index contributed by atoms with van der Waals surface area (Å²) in [6.07, 6.45) is 8.92. The molecule has 0 aromatic carbocycles. The molecular weight excluding hydrogens is 226 g/mol. The van der Waals surface area contributed by atoms with Gasteiger partial charge in [-0.25, -0.2) is 10.8 Å². The summed E-state index contributed by atoms with van der Waals surface area (Å²) in [6, 6.07) is 1.88. The van der Waals surface area contributed by atoms with Crippen LogP contribution in [-0.4, -0.2) is 4.98 Å². The van der Waals surface area contributed by atoms with Crippen LogP contribution in [0.2, 0.25) is 0 Å². The molecule has 1 heterocycles. The Morgan fingerprint density at radius 2 is 1.83 bits per heavy atom. The first kappa shape index (κ1) is 13.0. The van der Waals surface area contributed by atoms with Gasteiger partial charge in [-0.05, 0) is 24.0 Å². The molecule has 18 heavy (non-hydrogen) atoms. The summed E-state index contributed by atoms with van der Waals surface area (Å²) >= 11 is 0. The molecule has 5 nitrogen and oxygen atoms in total. The van der Waals surface area contributed by atoms with Crippen molar-refractivity contribution in [1.29, 1.82) is 0 Å². The van der Waals surface area contributed by atoms with E-state index in [0.717, 1.165) is 12.0 Å². The van der Waals surface area contributed by atoms with Gasteiger partial charge in [0.05, 0.1) is 5.69 Å². The summed E-state index contributed by atoms with van der Waals surface area (Å²) in [7, 11) is 0. The van der Waals surface area contributed by atoms with Gasteiger partial charge in [0.2, 0.25) is 0 Å². The number of nitrogens with two attached hydrogens (primary N) is 3. The molecule has 1 aliphatic rings. The largest absolute Gasteiger partial charge is 0.395 e. The quantitative estimate of drug-likeness (QED) is 0.373. The van der Waals surface area contributed by atoms with Crippen LogP contribution in [0, 0.1) is 5.92 Å². The van der Waals surface area contributed by atoms with Gasteiger partial charge in [0.15, 0.2) is 5.82 Å². The molecule has 0 radical (unpaired) electrons. The van der Waals surface area contributed by atoms with E-state index in [1.54, 1.807) is 0 Å². The van der Waals surface area contributed by atoms with Crippen LogP contribution in [-0.2, 0) is 6.42 Å². The van der Waals surface area contributed by atoms with Crippen molar-refractivity contribution in [2.45, 2.75) is 44.9 Å². The van der Waals surface area contributed by atoms with Gasteiger partial charge in [0.25, 0.3) is 0 Å². The van der Waals surface area contributed by atoms with Gasteiger partial charge >= 0.3 is 0 Å². The maximum atomic E-state index is 6.06. The summed E-state index contributed by atoms with van der Waals surface area (Å²) in [4.78, 5) is 4.08. The number of hydrazine groups is 1. The number of hydrogen-bond acceptors (Lipinski definition) is 5. The van der Waals surface area contributed by atoms with Crippen LogP contribution in [0.5, 0.6) is 0 Å². The van der Waals surface area contributed by atoms with Crippen molar-refractivity contribution in [2.24, 2.45) is 11.8 Å². The molecule has 7 N–H and O–H groups in total. The van der Waals surface area contributed by atoms with Crippen molar-refractivity contribution < 1.29 is 0 Å². The first-order valence-electron chi connectivity index (χ1n) is 6.72. The molecule has 0 spiro atoms. The number of aromatic nitrogens is 1. The van der Waals surface area contributed by atoms with Gasteiger partial charge in [0, 0.05) is 0 Å². The molecular formula is C13H23N5. The Morgan fingerprint density at radius 3 is 2.44 bits per heavy atom. The molecule has 100 valence electrons. The third-order valence-electron chi connectivity index (χ3n) is 3.78. The monoisotopic (exact) mass is 249 g/mol. The van der Waals surface area contributed by atoms with E-state index in [4.69, 9.17) is 17.3 Å². The first-order valence-corrected chi connectivity index (χ1v) is 6.72. The van der Waals surface area contributed by atoms with Crippen molar-refractivity contribution in [3.8, 4) is 0 Å². The minimum atomic E-state index is 0.473. The summed E-state index contributed by atoms with van der Waals surface area (Å²) in [5, 5.41) is 0. The molecule has 0 saturated heterocycles. The molecule has 1 saturated carbocycles. The van der Waals surface area contributed by atoms with Gasteiger partial charge < -0.3 is 16.9 Å². The number of anilines is 3. The van der Waals surface area contributed by atoms with Crippen LogP contribution in [0.4, 0.5) is 17.3 Å². The first-order chi connectivity index (χ1) is 8.70. The van der Waals surface area contributed by atoms with E-state index in [0.29, 0.717) is 23.2 Å². The smallest absolute Gasteiger partial charge is 0.165 e. The van der Waals surface area contributed by atoms with E-state index >= 15 is 0 Å². The lowest BCUT2D eigenvalue weighted by Crippen LogP contribution is -2.15. The Kier molecular flexibility index (Phi) is 4.25. The number of nitrogens with zero attached hydrogens (tertiary/aromatic N) is 1. The number of hydrogen-bond donors (Lipinski definition) is 4. The van der Waals surface area contributed by atoms with Crippen LogP contribution < -0.4 is 22.7 Å². The molecule has 0 bridgehead atoms. The lowest BCUT2D eigenvalue weighted by Gasteiger charge is -2.17. The molecule has 0 aliphatic heterocycles. The number of nitrogens with one attached hydrogen (secondary N) is 1. The molecule has 5 heteroatoms. The van der Waals surface area contributed by atoms with Gasteiger partial charge in [0.1, 0.15) is 5.82 Å². The summed E-state index contributed by atoms with van der Waals surface area (Å²) in [5.74, 6) is 7.07. The molecule has 0 amide bonds. The van der Waals surface area contributed by atoms with Crippen LogP contribution in [0.25, 0.3) is 0 Å². The van der Waals surface area contributed by atoms with E-state index < -0.39 is 0 Å². The Labute approximate surface area is 108 Å². The highest BCUT2D eigenvalue weighted by atomic mass is 15.3. The lowest BCUT2D eigenvalue weighted by molar-refractivity contribution is 0.458. The van der Waals surface area contributed by atoms with Crippen LogP contribution in [0.15, 0.2) is 6.07 Å². The van der Waals surface area contributed by atoms with E-state index in [9.17, 15) is 0 Å². The SMILES string of the molecule is NNc1nc(N)cc(CC2CCCCCC2)c1N. The second kappa shape index (κ2) is 5.91. The average Bonchev–Trinajstić information content (AvgIpc) is 2.62. The Hall–Kier alpha value is -1.49. The van der Waals surface area contributed by atoms with E-state index in [1.807, 2.05) is 6.07 Å². The molecule has 1 aromatic rings. The van der Waals surface area contributed by atoms with Gasteiger partial charge in [-0.2, -0.15) is 0 Å². The van der Waals surface area contributed by atoms with Gasteiger partial charge in [-0.15, -0.1) is 0 Å². The highest BCUT2D eigenvalue weighted by molar-refractivity contribution is 5.68. The van der Waals surface area contributed by atoms with Crippen molar-refractivity contribution in [3.63, 3.8) is 0 Å². The fraction of sp³-hybridized carbons (Fsp3) is 0.615. The number of rotatable bonds is 3. The predicted molar refractivity (Wildman–Crippen MR) is 75.8 cm³/mol. The second-order valence-corrected chi connectivity index (χ2v) is 5.17. The number of pyridine rings is 1. The maximum Gasteiger partial charge on any atom is 0.165 e. The summed E-state index contributed by atoms with van der Waals surface area (Å²) < 4.78 is 0. The zero-order chi connectivity index (χ0) is 13.0. The predicted octanol–water partition coefficient (Wildman–Crippen LogP) is 2.04. The van der Waals surface area contributed by atoms with E-state index in [1.165, 1.54) is 38.5 Å². The highest BCUT2D eigenvalue weighted by Crippen LogP contribution is 2.30. The fourth-order valence-corrected chi connectivity index (χ4v) is 2.79. The zero-order valence-corrected chi connectivity index (χ0v) is 10.8. The molecule has 0 unspecified atom stereocenters. The standard InChI is InChI=1S/C13H23N5/c14-11-8-10(12(15)13(17-11)18-16)7-9-5-3-1-2-4-6-9/h8-9H,1-7,15-16H2,(H3,14,17,18). The summed E-state index contributed by atoms with van der Waals surface area (Å²) in [5.41, 5.74) is 16.1. The van der Waals surface area contributed by atoms with Crippen LogP contribution >= 0.6 is 0 Å². The Bertz CT molecular complexity index is 397. The van der Waals surface area contributed by atoms with Crippen molar-refractivity contribution >= 4 is 17.3 Å². The highest BCUT2D eigenvalue weighted by Gasteiger charge is 2.16. The third kappa shape index (κ3) is 3.04. The minimum absolute atomic E-state index is 0.473. The summed E-state index contributed by atoms with van der Waals surface area (Å²) in [6.45, 7) is 0. The van der Waals surface area contributed by atoms with Crippen LogP contribution in [0.3, 0.4) is 0 Å². The average molecular weight is 249 g/mol. The molecule has 2 rings (SSSR count). The fourth-order valence-electron chi connectivity index (χ4n) is 2.79. The third-order valence-corrected chi connectivity index (χ3v) is 3.78. The minimum Gasteiger partial charge on any atom is -0.395 e. The van der Waals surface area contributed by atoms with E-state index in [-0.39, 0.29) is 0 Å².